The number of nitriles is 1. The Morgan fingerprint density at radius 3 is 1.91 bits per heavy atom. The number of carbonyl (C=O) groups is 2. The maximum Gasteiger partial charge on any atom is 0.336 e. The summed E-state index contributed by atoms with van der Waals surface area (Å²) in [6.45, 7) is 8.48. The van der Waals surface area contributed by atoms with Crippen LogP contribution in [0.15, 0.2) is 107 Å². The number of nitrogens with one attached hydrogen (secondary N) is 1. The first-order valence-electron chi connectivity index (χ1n) is 15.7. The van der Waals surface area contributed by atoms with Crippen LogP contribution in [0.3, 0.4) is 0 Å². The Bertz CT molecular complexity index is 1580. The molecule has 2 heterocycles. The highest BCUT2D eigenvalue weighted by molar-refractivity contribution is 6.00. The van der Waals surface area contributed by atoms with Gasteiger partial charge in [0.05, 0.1) is 41.9 Å². The number of esters is 2. The van der Waals surface area contributed by atoms with E-state index in [9.17, 15) is 14.9 Å². The van der Waals surface area contributed by atoms with Crippen LogP contribution in [0.5, 0.6) is 0 Å². The predicted molar refractivity (Wildman–Crippen MR) is 181 cm³/mol. The summed E-state index contributed by atoms with van der Waals surface area (Å²) in [5.41, 5.74) is 5.48. The van der Waals surface area contributed by atoms with E-state index in [0.29, 0.717) is 40.1 Å². The van der Waals surface area contributed by atoms with Crippen LogP contribution in [-0.2, 0) is 24.5 Å². The predicted octanol–water partition coefficient (Wildman–Crippen LogP) is 6.79. The highest BCUT2D eigenvalue weighted by Crippen LogP contribution is 2.42. The number of halogens is 1. The third-order valence-electron chi connectivity index (χ3n) is 9.08. The van der Waals surface area contributed by atoms with Gasteiger partial charge in [-0.05, 0) is 75.9 Å². The van der Waals surface area contributed by atoms with Crippen molar-refractivity contribution in [2.24, 2.45) is 0 Å². The first-order chi connectivity index (χ1) is 21.9. The number of likely N-dealkylation sites (tertiary alicyclic amines) is 1. The molecular weight excluding hydrogens is 598 g/mol. The highest BCUT2D eigenvalue weighted by atomic mass is 35.5. The van der Waals surface area contributed by atoms with Crippen LogP contribution in [0.1, 0.15) is 68.2 Å². The molecule has 7 nitrogen and oxygen atoms in total. The first kappa shape index (κ1) is 34.5. The van der Waals surface area contributed by atoms with Crippen LogP contribution in [0.2, 0.25) is 0 Å². The molecule has 2 aliphatic heterocycles. The largest absolute Gasteiger partial charge is 0.463 e. The molecule has 1 unspecified atom stereocenters. The number of allylic oxidation sites excluding steroid dienone is 2. The van der Waals surface area contributed by atoms with Crippen molar-refractivity contribution in [1.82, 2.24) is 10.2 Å². The average molecular weight is 640 g/mol. The molecule has 2 aliphatic rings. The number of benzene rings is 3. The van der Waals surface area contributed by atoms with Crippen LogP contribution in [0, 0.1) is 11.3 Å². The van der Waals surface area contributed by atoms with Crippen molar-refractivity contribution < 1.29 is 19.1 Å². The smallest absolute Gasteiger partial charge is 0.336 e. The van der Waals surface area contributed by atoms with E-state index >= 15 is 0 Å². The molecule has 1 N–H and O–H groups in total. The third-order valence-corrected chi connectivity index (χ3v) is 9.08. The van der Waals surface area contributed by atoms with Crippen LogP contribution in [0.4, 0.5) is 0 Å². The van der Waals surface area contributed by atoms with Crippen molar-refractivity contribution in [3.05, 3.63) is 130 Å². The number of rotatable bonds is 10. The van der Waals surface area contributed by atoms with Gasteiger partial charge in [0.2, 0.25) is 0 Å². The molecule has 0 aromatic heterocycles. The lowest BCUT2D eigenvalue weighted by Gasteiger charge is -2.43. The fraction of sp³-hybridized carbons (Fsp3) is 0.342. The summed E-state index contributed by atoms with van der Waals surface area (Å²) < 4.78 is 11.2. The number of carbonyl (C=O) groups excluding carboxylic acids is 2. The Labute approximate surface area is 278 Å². The van der Waals surface area contributed by atoms with E-state index in [2.05, 4.69) is 76.9 Å². The second-order valence-electron chi connectivity index (χ2n) is 11.7. The lowest BCUT2D eigenvalue weighted by molar-refractivity contribution is -0.140. The maximum absolute atomic E-state index is 13.7. The number of piperidine rings is 1. The fourth-order valence-corrected chi connectivity index (χ4v) is 6.85. The zero-order valence-electron chi connectivity index (χ0n) is 26.8. The van der Waals surface area contributed by atoms with Crippen molar-refractivity contribution in [3.63, 3.8) is 0 Å². The Morgan fingerprint density at radius 2 is 1.37 bits per heavy atom. The van der Waals surface area contributed by atoms with Gasteiger partial charge in [0.25, 0.3) is 0 Å². The molecule has 5 rings (SSSR count). The molecule has 8 heteroatoms. The zero-order valence-corrected chi connectivity index (χ0v) is 27.6. The summed E-state index contributed by atoms with van der Waals surface area (Å²) in [6.07, 6.45) is 2.72. The van der Waals surface area contributed by atoms with E-state index < -0.39 is 17.9 Å². The zero-order chi connectivity index (χ0) is 31.8. The lowest BCUT2D eigenvalue weighted by atomic mass is 9.68. The molecule has 0 spiro atoms. The van der Waals surface area contributed by atoms with Crippen molar-refractivity contribution in [1.29, 1.82) is 5.26 Å². The second kappa shape index (κ2) is 15.8. The molecule has 1 fully saturated rings. The molecule has 0 aliphatic carbocycles. The van der Waals surface area contributed by atoms with Gasteiger partial charge in [-0.25, -0.2) is 9.59 Å². The Kier molecular flexibility index (Phi) is 11.8. The highest BCUT2D eigenvalue weighted by Gasteiger charge is 2.40. The van der Waals surface area contributed by atoms with Crippen molar-refractivity contribution in [2.75, 3.05) is 32.8 Å². The van der Waals surface area contributed by atoms with Crippen molar-refractivity contribution >= 4 is 24.3 Å². The topological polar surface area (TPSA) is 91.7 Å². The monoisotopic (exact) mass is 639 g/mol. The van der Waals surface area contributed by atoms with Gasteiger partial charge in [-0.2, -0.15) is 5.26 Å². The number of ether oxygens (including phenoxy) is 2. The van der Waals surface area contributed by atoms with Crippen LogP contribution >= 0.6 is 12.4 Å². The second-order valence-corrected chi connectivity index (χ2v) is 11.7. The van der Waals surface area contributed by atoms with Crippen LogP contribution < -0.4 is 5.32 Å². The van der Waals surface area contributed by atoms with Crippen molar-refractivity contribution in [3.8, 4) is 6.07 Å². The molecule has 3 aromatic rings. The summed E-state index contributed by atoms with van der Waals surface area (Å²) in [5, 5.41) is 13.0. The van der Waals surface area contributed by atoms with E-state index in [1.165, 1.54) is 11.1 Å². The summed E-state index contributed by atoms with van der Waals surface area (Å²) in [6, 6.07) is 30.8. The number of dihydropyridines is 1. The molecule has 0 amide bonds. The molecule has 240 valence electrons. The van der Waals surface area contributed by atoms with Crippen LogP contribution in [-0.4, -0.2) is 49.7 Å². The Hall–Kier alpha value is -4.38. The van der Waals surface area contributed by atoms with Gasteiger partial charge in [0, 0.05) is 23.4 Å². The molecule has 0 radical (unpaired) electrons. The molecule has 0 saturated carbocycles. The van der Waals surface area contributed by atoms with Gasteiger partial charge in [-0.1, -0.05) is 78.9 Å². The maximum atomic E-state index is 13.7. The summed E-state index contributed by atoms with van der Waals surface area (Å²) in [4.78, 5) is 29.3. The molecule has 1 saturated heterocycles. The van der Waals surface area contributed by atoms with Crippen LogP contribution in [0.25, 0.3) is 0 Å². The number of nitrogens with zero attached hydrogens (tertiary/aromatic N) is 2. The average Bonchev–Trinajstić information content (AvgIpc) is 3.07. The Balaban J connectivity index is 0.00000480. The number of hydrogen-bond donors (Lipinski definition) is 1. The third kappa shape index (κ3) is 7.20. The quantitative estimate of drug-likeness (QED) is 0.193. The first-order valence-corrected chi connectivity index (χ1v) is 15.7. The van der Waals surface area contributed by atoms with Gasteiger partial charge < -0.3 is 19.7 Å². The molecule has 0 bridgehead atoms. The summed E-state index contributed by atoms with van der Waals surface area (Å²) in [7, 11) is 0. The minimum absolute atomic E-state index is 0. The van der Waals surface area contributed by atoms with E-state index in [0.717, 1.165) is 32.5 Å². The standard InChI is InChI=1S/C38H41N3O4.ClH/c1-4-44-36(42)33-27(2)40-28(3)34(35(33)32-19-12-11-14-29(32)26-39)37(43)45-25-13-22-41-23-20-38(21-24-41,30-15-7-5-8-16-30)31-17-9-6-10-18-31;/h5-12,14-19,35,40H,4,13,20-25H2,1-3H3;1H. The van der Waals surface area contributed by atoms with Crippen molar-refractivity contribution in [2.45, 2.75) is 51.4 Å². The minimum Gasteiger partial charge on any atom is -0.463 e. The molecule has 3 aromatic carbocycles. The van der Waals surface area contributed by atoms with Gasteiger partial charge in [-0.3, -0.25) is 0 Å². The van der Waals surface area contributed by atoms with Gasteiger partial charge in [0.15, 0.2) is 0 Å². The Morgan fingerprint density at radius 1 is 0.848 bits per heavy atom. The molecule has 46 heavy (non-hydrogen) atoms. The van der Waals surface area contributed by atoms with Gasteiger partial charge in [0.1, 0.15) is 0 Å². The minimum atomic E-state index is -0.778. The molecule has 1 atom stereocenters. The van der Waals surface area contributed by atoms with E-state index in [-0.39, 0.29) is 31.0 Å². The van der Waals surface area contributed by atoms with E-state index in [1.54, 1.807) is 45.0 Å². The van der Waals surface area contributed by atoms with Gasteiger partial charge >= 0.3 is 11.9 Å². The lowest BCUT2D eigenvalue weighted by Crippen LogP contribution is -2.43. The van der Waals surface area contributed by atoms with Gasteiger partial charge in [-0.15, -0.1) is 12.4 Å². The summed E-state index contributed by atoms with van der Waals surface area (Å²) in [5.74, 6) is -1.80. The SMILES string of the molecule is CCOC(=O)C1=C(C)NC(C)=C(C(=O)OCCCN2CCC(c3ccccc3)(c3ccccc3)CC2)C1c1ccccc1C#N.Cl. The number of hydrogen-bond acceptors (Lipinski definition) is 7. The summed E-state index contributed by atoms with van der Waals surface area (Å²) >= 11 is 0. The van der Waals surface area contributed by atoms with E-state index in [4.69, 9.17) is 9.47 Å². The fourth-order valence-electron chi connectivity index (χ4n) is 6.85. The normalized spacial score (nSPS) is 17.7. The molecular formula is C38H42ClN3O4. The van der Waals surface area contributed by atoms with E-state index in [1.807, 2.05) is 0 Å².